The number of alkyl halides is 2. The molecule has 1 unspecified atom stereocenters. The number of fused-ring (bicyclic) bond motifs is 4. The summed E-state index contributed by atoms with van der Waals surface area (Å²) in [6.45, 7) is 4.89. The Hall–Kier alpha value is -5.66. The molecule has 5 amide bonds. The maximum Gasteiger partial charge on any atom is 0.284 e. The first kappa shape index (κ1) is 41.1. The highest BCUT2D eigenvalue weighted by molar-refractivity contribution is 6.24. The number of rotatable bonds is 11. The molecular weight excluding hydrogens is 829 g/mol. The minimum atomic E-state index is -2.86. The molecule has 3 atom stereocenters. The zero-order valence-electron chi connectivity index (χ0n) is 35.4. The first-order chi connectivity index (χ1) is 31.0. The van der Waals surface area contributed by atoms with Gasteiger partial charge in [-0.3, -0.25) is 38.9 Å². The van der Waals surface area contributed by atoms with Crippen molar-refractivity contribution in [1.29, 1.82) is 0 Å². The lowest BCUT2D eigenvalue weighted by Crippen LogP contribution is -2.54. The Morgan fingerprint density at radius 3 is 2.55 bits per heavy atom. The van der Waals surface area contributed by atoms with E-state index < -0.39 is 47.7 Å². The second-order valence-corrected chi connectivity index (χ2v) is 19.0. The predicted molar refractivity (Wildman–Crippen MR) is 226 cm³/mol. The number of hydrogen-bond donors (Lipinski definition) is 3. The molecular formula is C45H51F2N11O6. The molecule has 2 bridgehead atoms. The number of carbonyl (C=O) groups is 5. The van der Waals surface area contributed by atoms with Crippen molar-refractivity contribution >= 4 is 46.7 Å². The molecule has 8 heterocycles. The molecule has 2 saturated carbocycles. The molecule has 3 N–H and O–H groups in total. The summed E-state index contributed by atoms with van der Waals surface area (Å²) in [6, 6.07) is 6.63. The number of benzene rings is 1. The summed E-state index contributed by atoms with van der Waals surface area (Å²) >= 11 is 0. The van der Waals surface area contributed by atoms with Crippen LogP contribution < -0.4 is 20.9 Å². The Labute approximate surface area is 367 Å². The predicted octanol–water partition coefficient (Wildman–Crippen LogP) is 4.26. The third kappa shape index (κ3) is 7.34. The molecule has 4 aromatic rings. The fourth-order valence-electron chi connectivity index (χ4n) is 11.6. The molecule has 3 aromatic heterocycles. The van der Waals surface area contributed by atoms with Gasteiger partial charge < -0.3 is 25.2 Å². The van der Waals surface area contributed by atoms with Crippen LogP contribution in [0.25, 0.3) is 5.65 Å². The van der Waals surface area contributed by atoms with Crippen molar-refractivity contribution in [1.82, 2.24) is 44.8 Å². The number of aromatic nitrogens is 5. The van der Waals surface area contributed by atoms with Crippen LogP contribution in [0.15, 0.2) is 42.9 Å². The zero-order chi connectivity index (χ0) is 43.9. The topological polar surface area (TPSA) is 188 Å². The Morgan fingerprint density at radius 1 is 1.00 bits per heavy atom. The number of imide groups is 2. The number of ether oxygens (including phenoxy) is 1. The van der Waals surface area contributed by atoms with Gasteiger partial charge in [0.1, 0.15) is 17.4 Å². The number of carbonyl (C=O) groups excluding carboxylic acids is 5. The minimum Gasteiger partial charge on any atom is -0.374 e. The molecule has 0 radical (unpaired) electrons. The van der Waals surface area contributed by atoms with E-state index >= 15 is 0 Å². The molecule has 1 aromatic carbocycles. The maximum absolute atomic E-state index is 14.3. The van der Waals surface area contributed by atoms with Gasteiger partial charge in [0, 0.05) is 44.5 Å². The fraction of sp³-hybridized carbons (Fsp3) is 0.556. The van der Waals surface area contributed by atoms with Crippen LogP contribution in [-0.4, -0.2) is 121 Å². The van der Waals surface area contributed by atoms with Gasteiger partial charge in [-0.2, -0.15) is 10.2 Å². The number of likely N-dealkylation sites (tertiary alicyclic amines) is 1. The Balaban J connectivity index is 0.645. The van der Waals surface area contributed by atoms with Crippen molar-refractivity contribution in [3.05, 3.63) is 70.8 Å². The maximum atomic E-state index is 14.3. The third-order valence-corrected chi connectivity index (χ3v) is 15.1. The van der Waals surface area contributed by atoms with Crippen molar-refractivity contribution < 1.29 is 37.5 Å². The second-order valence-electron chi connectivity index (χ2n) is 19.0. The number of morpholine rings is 1. The monoisotopic (exact) mass is 879 g/mol. The minimum absolute atomic E-state index is 0.00385. The van der Waals surface area contributed by atoms with E-state index in [1.165, 1.54) is 10.7 Å². The van der Waals surface area contributed by atoms with Crippen LogP contribution >= 0.6 is 0 Å². The summed E-state index contributed by atoms with van der Waals surface area (Å²) in [4.78, 5) is 75.0. The molecule has 6 fully saturated rings. The molecule has 11 rings (SSSR count). The number of nitrogens with one attached hydrogen (secondary N) is 3. The SMILES string of the molecule is O=C1CCC(N2C(=O)c3cccc(CNC4CC5(CCN(C[C@H]6CC[C@H](n7cc(NC(=O)c8cnn9ccc(N%10C[C@H]%11C[C@@H]%10CO%11)nc89)c(C(F)F)n7)CC6)CC5)C4)c3C2=O)C(=O)N1. The van der Waals surface area contributed by atoms with Crippen LogP contribution in [0.4, 0.5) is 20.3 Å². The van der Waals surface area contributed by atoms with E-state index in [0.29, 0.717) is 47.3 Å². The fourth-order valence-corrected chi connectivity index (χ4v) is 11.6. The van der Waals surface area contributed by atoms with Crippen LogP contribution in [0, 0.1) is 11.3 Å². The van der Waals surface area contributed by atoms with E-state index in [0.717, 1.165) is 100 Å². The van der Waals surface area contributed by atoms with Gasteiger partial charge in [0.25, 0.3) is 24.1 Å². The highest BCUT2D eigenvalue weighted by Gasteiger charge is 2.48. The molecule has 336 valence electrons. The van der Waals surface area contributed by atoms with Crippen molar-refractivity contribution in [2.24, 2.45) is 11.3 Å². The standard InChI is InChI=1S/C45H51F2N11O6/c46-39(47)38-33(50-41(60)32-20-49-56-13-10-35(51-40(32)56)55-22-30-16-29(55)24-64-30)23-57(53-38)28-6-4-25(5-7-28)21-54-14-11-45(12-15-54)17-27(18-45)48-19-26-2-1-3-31-37(26)44(63)58(43(31)62)34-8-9-36(59)52-42(34)61/h1-3,10,13,20,23,25,27-30,34,39,48H,4-9,11-12,14-19,21-22,24H2,(H,50,60)(H,52,59,61)/t25-,28-,29-,30-,34?/m1/s1. The van der Waals surface area contributed by atoms with E-state index in [4.69, 9.17) is 9.72 Å². The molecule has 7 aliphatic rings. The van der Waals surface area contributed by atoms with E-state index in [9.17, 15) is 32.8 Å². The summed E-state index contributed by atoms with van der Waals surface area (Å²) in [6.07, 6.45) is 11.1. The molecule has 17 nitrogen and oxygen atoms in total. The van der Waals surface area contributed by atoms with Crippen molar-refractivity contribution in [3.63, 3.8) is 0 Å². The highest BCUT2D eigenvalue weighted by Crippen LogP contribution is 2.49. The van der Waals surface area contributed by atoms with Crippen LogP contribution in [0.5, 0.6) is 0 Å². The number of hydrogen-bond acceptors (Lipinski definition) is 12. The Morgan fingerprint density at radius 2 is 1.81 bits per heavy atom. The normalized spacial score (nSPS) is 27.0. The molecule has 1 spiro atoms. The first-order valence-electron chi connectivity index (χ1n) is 22.7. The van der Waals surface area contributed by atoms with Gasteiger partial charge in [0.05, 0.1) is 47.8 Å². The Bertz CT molecular complexity index is 2540. The summed E-state index contributed by atoms with van der Waals surface area (Å²) < 4.78 is 37.5. The summed E-state index contributed by atoms with van der Waals surface area (Å²) in [5.74, 6) is -1.32. The number of anilines is 2. The summed E-state index contributed by atoms with van der Waals surface area (Å²) in [5.41, 5.74) is 1.76. The lowest BCUT2D eigenvalue weighted by Gasteiger charge is -2.53. The van der Waals surface area contributed by atoms with E-state index in [1.54, 1.807) is 29.2 Å². The van der Waals surface area contributed by atoms with Crippen molar-refractivity contribution in [2.75, 3.05) is 43.0 Å². The van der Waals surface area contributed by atoms with E-state index in [1.807, 2.05) is 12.1 Å². The van der Waals surface area contributed by atoms with Crippen molar-refractivity contribution in [3.8, 4) is 0 Å². The summed E-state index contributed by atoms with van der Waals surface area (Å²) in [5, 5.41) is 17.2. The number of halogens is 2. The first-order valence-corrected chi connectivity index (χ1v) is 22.7. The van der Waals surface area contributed by atoms with Gasteiger partial charge in [-0.05, 0) is 106 Å². The third-order valence-electron chi connectivity index (χ3n) is 15.1. The quantitative estimate of drug-likeness (QED) is 0.182. The lowest BCUT2D eigenvalue weighted by molar-refractivity contribution is -0.136. The van der Waals surface area contributed by atoms with Crippen LogP contribution in [0.3, 0.4) is 0 Å². The lowest BCUT2D eigenvalue weighted by atomic mass is 9.60. The largest absolute Gasteiger partial charge is 0.374 e. The molecule has 19 heteroatoms. The van der Waals surface area contributed by atoms with E-state index in [-0.39, 0.29) is 42.3 Å². The van der Waals surface area contributed by atoms with Crippen LogP contribution in [-0.2, 0) is 20.9 Å². The Kier molecular flexibility index (Phi) is 10.3. The van der Waals surface area contributed by atoms with Gasteiger partial charge in [0.2, 0.25) is 11.8 Å². The van der Waals surface area contributed by atoms with Gasteiger partial charge in [-0.1, -0.05) is 12.1 Å². The van der Waals surface area contributed by atoms with Crippen molar-refractivity contribution in [2.45, 2.75) is 114 Å². The van der Waals surface area contributed by atoms with Crippen LogP contribution in [0.1, 0.15) is 125 Å². The number of amides is 5. The van der Waals surface area contributed by atoms with E-state index in [2.05, 4.69) is 35.9 Å². The second kappa shape index (κ2) is 16.1. The summed E-state index contributed by atoms with van der Waals surface area (Å²) in [7, 11) is 0. The van der Waals surface area contributed by atoms with Gasteiger partial charge in [-0.15, -0.1) is 0 Å². The smallest absolute Gasteiger partial charge is 0.284 e. The van der Waals surface area contributed by atoms with Crippen LogP contribution in [0.2, 0.25) is 0 Å². The molecule has 5 aliphatic heterocycles. The average molecular weight is 880 g/mol. The molecule has 4 saturated heterocycles. The number of nitrogens with zero attached hydrogens (tertiary/aromatic N) is 8. The highest BCUT2D eigenvalue weighted by atomic mass is 19.3. The molecule has 2 aliphatic carbocycles. The molecule has 64 heavy (non-hydrogen) atoms. The van der Waals surface area contributed by atoms with Gasteiger partial charge >= 0.3 is 0 Å². The average Bonchev–Trinajstić information content (AvgIpc) is 4.13. The zero-order valence-corrected chi connectivity index (χ0v) is 35.4. The van der Waals surface area contributed by atoms with Gasteiger partial charge in [0.15, 0.2) is 11.3 Å². The number of piperidine rings is 2. The van der Waals surface area contributed by atoms with Gasteiger partial charge in [-0.25, -0.2) is 18.3 Å².